The molecule has 13 heavy (non-hydrogen) atoms. The summed E-state index contributed by atoms with van der Waals surface area (Å²) in [6.07, 6.45) is 3.34. The molecule has 2 saturated heterocycles. The van der Waals surface area contributed by atoms with E-state index >= 15 is 0 Å². The van der Waals surface area contributed by atoms with Gasteiger partial charge in [0.25, 0.3) is 0 Å². The highest BCUT2D eigenvalue weighted by molar-refractivity contribution is 5.77. The Kier molecular flexibility index (Phi) is 2.80. The summed E-state index contributed by atoms with van der Waals surface area (Å²) in [5, 5.41) is 3.17. The van der Waals surface area contributed by atoms with Gasteiger partial charge in [0.15, 0.2) is 0 Å². The molecule has 0 bridgehead atoms. The second kappa shape index (κ2) is 4.07. The van der Waals surface area contributed by atoms with E-state index in [4.69, 9.17) is 9.47 Å². The normalized spacial score (nSPS) is 33.7. The highest BCUT2D eigenvalue weighted by Crippen LogP contribution is 2.12. The van der Waals surface area contributed by atoms with Crippen LogP contribution in [0.2, 0.25) is 0 Å². The molecular weight excluding hydrogens is 170 g/mol. The number of ether oxygens (including phenoxy) is 2. The fraction of sp³-hybridized carbons (Fsp3) is 0.889. The molecule has 0 amide bonds. The van der Waals surface area contributed by atoms with Crippen molar-refractivity contribution in [3.63, 3.8) is 0 Å². The molecule has 2 atom stereocenters. The second-order valence-electron chi connectivity index (χ2n) is 3.55. The first kappa shape index (κ1) is 8.97. The number of esters is 1. The molecule has 0 aromatic carbocycles. The van der Waals surface area contributed by atoms with E-state index in [0.29, 0.717) is 12.7 Å². The van der Waals surface area contributed by atoms with E-state index in [9.17, 15) is 4.79 Å². The number of cyclic esters (lactones) is 1. The Morgan fingerprint density at radius 2 is 2.31 bits per heavy atom. The van der Waals surface area contributed by atoms with E-state index in [1.807, 2.05) is 0 Å². The Balaban J connectivity index is 1.69. The van der Waals surface area contributed by atoms with Gasteiger partial charge >= 0.3 is 5.97 Å². The molecule has 74 valence electrons. The van der Waals surface area contributed by atoms with Crippen LogP contribution in [0.4, 0.5) is 0 Å². The van der Waals surface area contributed by atoms with Crippen LogP contribution in [0.25, 0.3) is 0 Å². The molecule has 1 N–H and O–H groups in total. The van der Waals surface area contributed by atoms with Crippen LogP contribution < -0.4 is 5.32 Å². The van der Waals surface area contributed by atoms with E-state index in [2.05, 4.69) is 5.32 Å². The molecule has 4 nitrogen and oxygen atoms in total. The largest absolute Gasteiger partial charge is 0.464 e. The minimum atomic E-state index is -0.113. The number of carbonyl (C=O) groups is 1. The van der Waals surface area contributed by atoms with Crippen LogP contribution in [0.5, 0.6) is 0 Å². The molecule has 0 aromatic heterocycles. The standard InChI is InChI=1S/C9H15NO3/c11-9-8(3-5-13-9)10-6-7-2-1-4-12-7/h7-8,10H,1-6H2/t7?,8-/m0/s1. The Morgan fingerprint density at radius 3 is 2.92 bits per heavy atom. The molecule has 4 heteroatoms. The predicted octanol–water partition coefficient (Wildman–Crippen LogP) is 0.0705. The first-order chi connectivity index (χ1) is 6.36. The zero-order valence-electron chi connectivity index (χ0n) is 7.62. The van der Waals surface area contributed by atoms with Crippen LogP contribution in [-0.2, 0) is 14.3 Å². The van der Waals surface area contributed by atoms with Crippen molar-refractivity contribution in [3.05, 3.63) is 0 Å². The summed E-state index contributed by atoms with van der Waals surface area (Å²) in [4.78, 5) is 11.1. The number of hydrogen-bond donors (Lipinski definition) is 1. The number of nitrogens with one attached hydrogen (secondary N) is 1. The number of carbonyl (C=O) groups excluding carboxylic acids is 1. The van der Waals surface area contributed by atoms with Gasteiger partial charge in [0.05, 0.1) is 12.7 Å². The van der Waals surface area contributed by atoms with E-state index in [1.165, 1.54) is 0 Å². The molecule has 0 spiro atoms. The Bertz CT molecular complexity index is 189. The second-order valence-corrected chi connectivity index (χ2v) is 3.55. The van der Waals surface area contributed by atoms with E-state index in [1.54, 1.807) is 0 Å². The van der Waals surface area contributed by atoms with Gasteiger partial charge in [-0.25, -0.2) is 0 Å². The summed E-state index contributed by atoms with van der Waals surface area (Å²) < 4.78 is 10.3. The lowest BCUT2D eigenvalue weighted by Gasteiger charge is -2.12. The van der Waals surface area contributed by atoms with Gasteiger partial charge in [-0.1, -0.05) is 0 Å². The molecule has 2 fully saturated rings. The van der Waals surface area contributed by atoms with Gasteiger partial charge in [-0.2, -0.15) is 0 Å². The van der Waals surface area contributed by atoms with Gasteiger partial charge in [0, 0.05) is 19.6 Å². The van der Waals surface area contributed by atoms with Gasteiger partial charge in [-0.05, 0) is 12.8 Å². The number of hydrogen-bond acceptors (Lipinski definition) is 4. The molecule has 2 aliphatic heterocycles. The first-order valence-corrected chi connectivity index (χ1v) is 4.88. The topological polar surface area (TPSA) is 47.6 Å². The lowest BCUT2D eigenvalue weighted by molar-refractivity contribution is -0.139. The van der Waals surface area contributed by atoms with E-state index < -0.39 is 0 Å². The molecule has 1 unspecified atom stereocenters. The molecule has 0 aliphatic carbocycles. The Morgan fingerprint density at radius 1 is 1.38 bits per heavy atom. The van der Waals surface area contributed by atoms with E-state index in [-0.39, 0.29) is 12.0 Å². The van der Waals surface area contributed by atoms with Crippen molar-refractivity contribution in [2.24, 2.45) is 0 Å². The fourth-order valence-electron chi connectivity index (χ4n) is 1.76. The van der Waals surface area contributed by atoms with Crippen molar-refractivity contribution in [3.8, 4) is 0 Å². The van der Waals surface area contributed by atoms with Crippen molar-refractivity contribution < 1.29 is 14.3 Å². The maximum atomic E-state index is 11.1. The summed E-state index contributed by atoms with van der Waals surface area (Å²) in [5.74, 6) is -0.113. The minimum Gasteiger partial charge on any atom is -0.464 e. The zero-order chi connectivity index (χ0) is 9.10. The zero-order valence-corrected chi connectivity index (χ0v) is 7.62. The van der Waals surface area contributed by atoms with Crippen LogP contribution in [0.1, 0.15) is 19.3 Å². The summed E-state index contributed by atoms with van der Waals surface area (Å²) in [6.45, 7) is 2.20. The number of rotatable bonds is 3. The molecule has 0 aromatic rings. The quantitative estimate of drug-likeness (QED) is 0.632. The SMILES string of the molecule is O=C1OCC[C@@H]1NCC1CCCO1. The van der Waals surface area contributed by atoms with Crippen LogP contribution in [0, 0.1) is 0 Å². The van der Waals surface area contributed by atoms with Gasteiger partial charge < -0.3 is 14.8 Å². The Labute approximate surface area is 77.6 Å². The monoisotopic (exact) mass is 185 g/mol. The van der Waals surface area contributed by atoms with Crippen molar-refractivity contribution in [1.82, 2.24) is 5.32 Å². The third-order valence-corrected chi connectivity index (χ3v) is 2.55. The van der Waals surface area contributed by atoms with Gasteiger partial charge in [0.1, 0.15) is 6.04 Å². The Hall–Kier alpha value is -0.610. The third-order valence-electron chi connectivity index (χ3n) is 2.55. The van der Waals surface area contributed by atoms with Crippen molar-refractivity contribution in [2.45, 2.75) is 31.4 Å². The van der Waals surface area contributed by atoms with Crippen molar-refractivity contribution in [2.75, 3.05) is 19.8 Å². The minimum absolute atomic E-state index is 0.0933. The maximum Gasteiger partial charge on any atom is 0.323 e. The average molecular weight is 185 g/mol. The molecule has 2 aliphatic rings. The first-order valence-electron chi connectivity index (χ1n) is 4.88. The summed E-state index contributed by atoms with van der Waals surface area (Å²) in [7, 11) is 0. The van der Waals surface area contributed by atoms with E-state index in [0.717, 1.165) is 32.4 Å². The van der Waals surface area contributed by atoms with Crippen molar-refractivity contribution in [1.29, 1.82) is 0 Å². The third kappa shape index (κ3) is 2.19. The average Bonchev–Trinajstić information content (AvgIpc) is 2.72. The van der Waals surface area contributed by atoms with Gasteiger partial charge in [-0.3, -0.25) is 4.79 Å². The van der Waals surface area contributed by atoms with Gasteiger partial charge in [0.2, 0.25) is 0 Å². The molecule has 0 saturated carbocycles. The fourth-order valence-corrected chi connectivity index (χ4v) is 1.76. The molecule has 0 radical (unpaired) electrons. The highest BCUT2D eigenvalue weighted by atomic mass is 16.5. The smallest absolute Gasteiger partial charge is 0.323 e. The lowest BCUT2D eigenvalue weighted by Crippen LogP contribution is -2.38. The predicted molar refractivity (Wildman–Crippen MR) is 46.3 cm³/mol. The molecular formula is C9H15NO3. The summed E-state index contributed by atoms with van der Waals surface area (Å²) >= 11 is 0. The molecule has 2 rings (SSSR count). The maximum absolute atomic E-state index is 11.1. The summed E-state index contributed by atoms with van der Waals surface area (Å²) in [6, 6.07) is -0.0933. The van der Waals surface area contributed by atoms with Crippen LogP contribution in [0.15, 0.2) is 0 Å². The van der Waals surface area contributed by atoms with Gasteiger partial charge in [-0.15, -0.1) is 0 Å². The van der Waals surface area contributed by atoms with Crippen molar-refractivity contribution >= 4 is 5.97 Å². The summed E-state index contributed by atoms with van der Waals surface area (Å²) in [5.41, 5.74) is 0. The highest BCUT2D eigenvalue weighted by Gasteiger charge is 2.27. The van der Waals surface area contributed by atoms with Crippen LogP contribution in [-0.4, -0.2) is 37.9 Å². The molecule has 2 heterocycles. The van der Waals surface area contributed by atoms with Crippen LogP contribution >= 0.6 is 0 Å². The lowest BCUT2D eigenvalue weighted by atomic mass is 10.2. The van der Waals surface area contributed by atoms with Crippen LogP contribution in [0.3, 0.4) is 0 Å².